The van der Waals surface area contributed by atoms with E-state index in [9.17, 15) is 9.59 Å². The van der Waals surface area contributed by atoms with Crippen molar-refractivity contribution in [3.8, 4) is 5.75 Å². The van der Waals surface area contributed by atoms with Crippen LogP contribution < -0.4 is 15.4 Å². The highest BCUT2D eigenvalue weighted by Crippen LogP contribution is 2.30. The molecule has 1 saturated heterocycles. The first-order valence-electron chi connectivity index (χ1n) is 9.93. The molecule has 1 fully saturated rings. The van der Waals surface area contributed by atoms with E-state index in [0.29, 0.717) is 31.1 Å². The molecule has 29 heavy (non-hydrogen) atoms. The van der Waals surface area contributed by atoms with E-state index in [1.54, 1.807) is 18.1 Å². The van der Waals surface area contributed by atoms with Crippen molar-refractivity contribution in [1.82, 2.24) is 10.2 Å². The molecule has 3 rings (SSSR count). The summed E-state index contributed by atoms with van der Waals surface area (Å²) >= 11 is 0. The number of carbonyl (C=O) groups is 2. The van der Waals surface area contributed by atoms with Crippen LogP contribution in [0.25, 0.3) is 0 Å². The maximum Gasteiger partial charge on any atom is 0.321 e. The van der Waals surface area contributed by atoms with E-state index in [1.807, 2.05) is 56.3 Å². The molecule has 2 N–H and O–H groups in total. The summed E-state index contributed by atoms with van der Waals surface area (Å²) in [5.74, 6) is 0.665. The van der Waals surface area contributed by atoms with Gasteiger partial charge in [0.05, 0.1) is 12.5 Å². The number of ether oxygens (including phenoxy) is 1. The van der Waals surface area contributed by atoms with Crippen molar-refractivity contribution < 1.29 is 14.3 Å². The maximum atomic E-state index is 12.9. The van der Waals surface area contributed by atoms with Crippen molar-refractivity contribution in [2.75, 3.05) is 25.5 Å². The third-order valence-electron chi connectivity index (χ3n) is 5.43. The molecule has 0 unspecified atom stereocenters. The van der Waals surface area contributed by atoms with Gasteiger partial charge in [0.15, 0.2) is 0 Å². The van der Waals surface area contributed by atoms with Crippen LogP contribution in [0.2, 0.25) is 0 Å². The van der Waals surface area contributed by atoms with Gasteiger partial charge in [0, 0.05) is 31.4 Å². The van der Waals surface area contributed by atoms with Gasteiger partial charge in [-0.1, -0.05) is 35.9 Å². The molecule has 1 aliphatic rings. The largest absolute Gasteiger partial charge is 0.497 e. The van der Waals surface area contributed by atoms with Crippen LogP contribution in [-0.2, 0) is 11.3 Å². The van der Waals surface area contributed by atoms with E-state index < -0.39 is 5.41 Å². The van der Waals surface area contributed by atoms with Crippen LogP contribution in [-0.4, -0.2) is 37.0 Å². The van der Waals surface area contributed by atoms with E-state index in [-0.39, 0.29) is 11.9 Å². The minimum atomic E-state index is -0.603. The van der Waals surface area contributed by atoms with Gasteiger partial charge in [0.2, 0.25) is 5.91 Å². The number of hydrogen-bond acceptors (Lipinski definition) is 3. The maximum absolute atomic E-state index is 12.9. The fraction of sp³-hybridized carbons (Fsp3) is 0.391. The summed E-state index contributed by atoms with van der Waals surface area (Å²) < 4.78 is 5.20. The first-order chi connectivity index (χ1) is 13.9. The number of nitrogens with one attached hydrogen (secondary N) is 2. The molecular weight excluding hydrogens is 366 g/mol. The van der Waals surface area contributed by atoms with Gasteiger partial charge in [-0.15, -0.1) is 0 Å². The molecule has 1 heterocycles. The quantitative estimate of drug-likeness (QED) is 0.805. The van der Waals surface area contributed by atoms with Crippen LogP contribution in [0, 0.1) is 12.3 Å². The number of rotatable bonds is 5. The van der Waals surface area contributed by atoms with E-state index in [1.165, 1.54) is 5.56 Å². The van der Waals surface area contributed by atoms with Crippen LogP contribution in [0.4, 0.5) is 10.5 Å². The standard InChI is InChI=1S/C23H29N3O3/c1-17-8-10-18(11-9-17)15-24-21(27)23(2)12-5-13-26(16-23)22(28)25-19-6-4-7-20(14-19)29-3/h4,6-11,14H,5,12-13,15-16H2,1-3H3,(H,24,27)(H,25,28)/t23-/m0/s1. The first-order valence-corrected chi connectivity index (χ1v) is 9.93. The molecule has 1 aliphatic heterocycles. The number of hydrogen-bond donors (Lipinski definition) is 2. The Hall–Kier alpha value is -3.02. The van der Waals surface area contributed by atoms with Gasteiger partial charge in [-0.3, -0.25) is 4.79 Å². The highest BCUT2D eigenvalue weighted by atomic mass is 16.5. The Labute approximate surface area is 172 Å². The highest BCUT2D eigenvalue weighted by Gasteiger charge is 2.39. The summed E-state index contributed by atoms with van der Waals surface area (Å²) in [5, 5.41) is 5.94. The fourth-order valence-electron chi connectivity index (χ4n) is 3.60. The van der Waals surface area contributed by atoms with Crippen LogP contribution in [0.15, 0.2) is 48.5 Å². The Bertz CT molecular complexity index is 866. The van der Waals surface area contributed by atoms with E-state index >= 15 is 0 Å². The van der Waals surface area contributed by atoms with Crippen molar-refractivity contribution >= 4 is 17.6 Å². The molecular formula is C23H29N3O3. The molecule has 0 aliphatic carbocycles. The number of anilines is 1. The zero-order valence-corrected chi connectivity index (χ0v) is 17.3. The molecule has 3 amide bonds. The lowest BCUT2D eigenvalue weighted by atomic mass is 9.81. The topological polar surface area (TPSA) is 70.7 Å². The van der Waals surface area contributed by atoms with Gasteiger partial charge in [0.25, 0.3) is 0 Å². The summed E-state index contributed by atoms with van der Waals surface area (Å²) in [5.41, 5.74) is 2.33. The Morgan fingerprint density at radius 1 is 1.17 bits per heavy atom. The van der Waals surface area contributed by atoms with Gasteiger partial charge < -0.3 is 20.3 Å². The zero-order chi connectivity index (χ0) is 20.9. The second-order valence-electron chi connectivity index (χ2n) is 7.92. The average molecular weight is 396 g/mol. The summed E-state index contributed by atoms with van der Waals surface area (Å²) in [6, 6.07) is 15.2. The van der Waals surface area contributed by atoms with E-state index in [2.05, 4.69) is 10.6 Å². The molecule has 0 bridgehead atoms. The lowest BCUT2D eigenvalue weighted by Gasteiger charge is -2.39. The summed E-state index contributed by atoms with van der Waals surface area (Å²) in [4.78, 5) is 27.3. The molecule has 6 nitrogen and oxygen atoms in total. The number of urea groups is 1. The van der Waals surface area contributed by atoms with Crippen LogP contribution in [0.3, 0.4) is 0 Å². The monoisotopic (exact) mass is 395 g/mol. The molecule has 1 atom stereocenters. The minimum Gasteiger partial charge on any atom is -0.497 e. The number of methoxy groups -OCH3 is 1. The van der Waals surface area contributed by atoms with Crippen molar-refractivity contribution in [2.24, 2.45) is 5.41 Å². The van der Waals surface area contributed by atoms with Gasteiger partial charge in [-0.05, 0) is 44.4 Å². The number of amides is 3. The SMILES string of the molecule is COc1cccc(NC(=O)N2CCC[C@](C)(C(=O)NCc3ccc(C)cc3)C2)c1. The summed E-state index contributed by atoms with van der Waals surface area (Å²) in [6.07, 6.45) is 1.55. The Balaban J connectivity index is 1.59. The van der Waals surface area contributed by atoms with Crippen molar-refractivity contribution in [3.05, 3.63) is 59.7 Å². The Morgan fingerprint density at radius 3 is 2.66 bits per heavy atom. The number of piperidine rings is 1. The summed E-state index contributed by atoms with van der Waals surface area (Å²) in [6.45, 7) is 5.49. The van der Waals surface area contributed by atoms with Gasteiger partial charge in [-0.25, -0.2) is 4.79 Å². The third-order valence-corrected chi connectivity index (χ3v) is 5.43. The van der Waals surface area contributed by atoms with E-state index in [0.717, 1.165) is 18.4 Å². The molecule has 0 spiro atoms. The molecule has 154 valence electrons. The number of carbonyl (C=O) groups excluding carboxylic acids is 2. The molecule has 0 aromatic heterocycles. The average Bonchev–Trinajstić information content (AvgIpc) is 2.73. The lowest BCUT2D eigenvalue weighted by Crippen LogP contribution is -2.52. The number of aryl methyl sites for hydroxylation is 1. The number of likely N-dealkylation sites (tertiary alicyclic amines) is 1. The van der Waals surface area contributed by atoms with Crippen molar-refractivity contribution in [1.29, 1.82) is 0 Å². The first kappa shape index (κ1) is 20.7. The Morgan fingerprint density at radius 2 is 1.93 bits per heavy atom. The second kappa shape index (κ2) is 8.99. The molecule has 2 aromatic rings. The van der Waals surface area contributed by atoms with Crippen LogP contribution >= 0.6 is 0 Å². The molecule has 0 saturated carbocycles. The highest BCUT2D eigenvalue weighted by molar-refractivity contribution is 5.90. The Kier molecular flexibility index (Phi) is 6.42. The number of nitrogens with zero attached hydrogens (tertiary/aromatic N) is 1. The van der Waals surface area contributed by atoms with Gasteiger partial charge in [-0.2, -0.15) is 0 Å². The third kappa shape index (κ3) is 5.28. The fourth-order valence-corrected chi connectivity index (χ4v) is 3.60. The predicted octanol–water partition coefficient (Wildman–Crippen LogP) is 3.95. The van der Waals surface area contributed by atoms with Gasteiger partial charge in [0.1, 0.15) is 5.75 Å². The van der Waals surface area contributed by atoms with E-state index in [4.69, 9.17) is 4.74 Å². The number of benzene rings is 2. The van der Waals surface area contributed by atoms with Crippen LogP contribution in [0.5, 0.6) is 5.75 Å². The summed E-state index contributed by atoms with van der Waals surface area (Å²) in [7, 11) is 1.59. The smallest absolute Gasteiger partial charge is 0.321 e. The van der Waals surface area contributed by atoms with Crippen LogP contribution in [0.1, 0.15) is 30.9 Å². The predicted molar refractivity (Wildman–Crippen MR) is 114 cm³/mol. The molecule has 6 heteroatoms. The minimum absolute atomic E-state index is 0.0167. The normalized spacial score (nSPS) is 18.8. The molecule has 2 aromatic carbocycles. The van der Waals surface area contributed by atoms with Gasteiger partial charge >= 0.3 is 6.03 Å². The second-order valence-corrected chi connectivity index (χ2v) is 7.92. The zero-order valence-electron chi connectivity index (χ0n) is 17.3. The molecule has 0 radical (unpaired) electrons. The van der Waals surface area contributed by atoms with Crippen molar-refractivity contribution in [3.63, 3.8) is 0 Å². The lowest BCUT2D eigenvalue weighted by molar-refractivity contribution is -0.132. The van der Waals surface area contributed by atoms with Crippen molar-refractivity contribution in [2.45, 2.75) is 33.2 Å².